The fraction of sp³-hybridized carbons (Fsp3) is 0.222. The van der Waals surface area contributed by atoms with Crippen LogP contribution in [0.3, 0.4) is 0 Å². The molecule has 0 amide bonds. The van der Waals surface area contributed by atoms with E-state index in [1.54, 1.807) is 0 Å². The van der Waals surface area contributed by atoms with E-state index < -0.39 is 0 Å². The first-order valence-corrected chi connectivity index (χ1v) is 7.41. The summed E-state index contributed by atoms with van der Waals surface area (Å²) in [7, 11) is 2.06. The summed E-state index contributed by atoms with van der Waals surface area (Å²) in [6.07, 6.45) is 1.01. The van der Waals surface area contributed by atoms with Gasteiger partial charge in [0.05, 0.1) is 6.54 Å². The summed E-state index contributed by atoms with van der Waals surface area (Å²) in [6, 6.07) is 20.3. The molecular weight excluding hydrogens is 274 g/mol. The highest BCUT2D eigenvalue weighted by Crippen LogP contribution is 2.17. The number of nitrogens with zero attached hydrogens (tertiary/aromatic N) is 3. The third-order valence-corrected chi connectivity index (χ3v) is 3.52. The first-order chi connectivity index (χ1) is 10.8. The molecule has 4 heteroatoms. The fourth-order valence-corrected chi connectivity index (χ4v) is 2.29. The Morgan fingerprint density at radius 3 is 2.32 bits per heavy atom. The maximum Gasteiger partial charge on any atom is 0.247 e. The predicted molar refractivity (Wildman–Crippen MR) is 86.2 cm³/mol. The molecule has 3 aromatic rings. The Morgan fingerprint density at radius 1 is 0.909 bits per heavy atom. The minimum atomic E-state index is 0.576. The molecule has 22 heavy (non-hydrogen) atoms. The first-order valence-electron chi connectivity index (χ1n) is 7.41. The van der Waals surface area contributed by atoms with Crippen molar-refractivity contribution in [2.24, 2.45) is 0 Å². The Labute approximate surface area is 130 Å². The largest absolute Gasteiger partial charge is 0.419 e. The van der Waals surface area contributed by atoms with Gasteiger partial charge < -0.3 is 4.42 Å². The van der Waals surface area contributed by atoms with Gasteiger partial charge >= 0.3 is 0 Å². The van der Waals surface area contributed by atoms with Crippen molar-refractivity contribution < 1.29 is 4.42 Å². The fourth-order valence-electron chi connectivity index (χ4n) is 2.29. The minimum absolute atomic E-state index is 0.576. The summed E-state index contributed by atoms with van der Waals surface area (Å²) in [6.45, 7) is 1.61. The van der Waals surface area contributed by atoms with Gasteiger partial charge in [0.25, 0.3) is 0 Å². The van der Waals surface area contributed by atoms with Gasteiger partial charge in [-0.25, -0.2) is 0 Å². The topological polar surface area (TPSA) is 42.2 Å². The molecule has 112 valence electrons. The van der Waals surface area contributed by atoms with E-state index in [2.05, 4.69) is 46.4 Å². The van der Waals surface area contributed by atoms with E-state index in [0.717, 1.165) is 18.5 Å². The van der Waals surface area contributed by atoms with Crippen molar-refractivity contribution in [1.82, 2.24) is 15.1 Å². The number of hydrogen-bond donors (Lipinski definition) is 0. The van der Waals surface area contributed by atoms with Gasteiger partial charge in [0.2, 0.25) is 11.8 Å². The van der Waals surface area contributed by atoms with Gasteiger partial charge in [-0.15, -0.1) is 10.2 Å². The highest BCUT2D eigenvalue weighted by atomic mass is 16.4. The average Bonchev–Trinajstić information content (AvgIpc) is 3.03. The molecule has 0 aliphatic carbocycles. The Balaban J connectivity index is 1.56. The zero-order chi connectivity index (χ0) is 15.2. The predicted octanol–water partition coefficient (Wildman–Crippen LogP) is 3.41. The summed E-state index contributed by atoms with van der Waals surface area (Å²) in [4.78, 5) is 2.19. The second kappa shape index (κ2) is 7.00. The van der Waals surface area contributed by atoms with Gasteiger partial charge in [0.1, 0.15) is 0 Å². The molecule has 0 fully saturated rings. The third kappa shape index (κ3) is 3.80. The van der Waals surface area contributed by atoms with Crippen LogP contribution < -0.4 is 0 Å². The van der Waals surface area contributed by atoms with Crippen LogP contribution in [0.2, 0.25) is 0 Å². The molecule has 0 saturated carbocycles. The molecule has 3 rings (SSSR count). The lowest BCUT2D eigenvalue weighted by Gasteiger charge is -2.13. The van der Waals surface area contributed by atoms with Crippen molar-refractivity contribution in [3.05, 3.63) is 72.1 Å². The molecule has 4 nitrogen and oxygen atoms in total. The normalized spacial score (nSPS) is 11.0. The van der Waals surface area contributed by atoms with Crippen molar-refractivity contribution in [2.45, 2.75) is 13.0 Å². The SMILES string of the molecule is CN(CCc1ccccc1)Cc1nnc(-c2ccccc2)o1. The molecule has 0 radical (unpaired) electrons. The Bertz CT molecular complexity index is 695. The maximum absolute atomic E-state index is 5.73. The molecule has 0 unspecified atom stereocenters. The van der Waals surface area contributed by atoms with Gasteiger partial charge in [-0.2, -0.15) is 0 Å². The molecule has 0 atom stereocenters. The first kappa shape index (κ1) is 14.5. The number of likely N-dealkylation sites (N-methyl/N-ethyl adjacent to an activating group) is 1. The minimum Gasteiger partial charge on any atom is -0.419 e. The lowest BCUT2D eigenvalue weighted by Crippen LogP contribution is -2.20. The molecule has 2 aromatic carbocycles. The molecule has 0 N–H and O–H groups in total. The van der Waals surface area contributed by atoms with Crippen LogP contribution >= 0.6 is 0 Å². The van der Waals surface area contributed by atoms with Crippen LogP contribution in [0.25, 0.3) is 11.5 Å². The van der Waals surface area contributed by atoms with Crippen molar-refractivity contribution in [1.29, 1.82) is 0 Å². The van der Waals surface area contributed by atoms with E-state index in [0.29, 0.717) is 18.3 Å². The van der Waals surface area contributed by atoms with Gasteiger partial charge in [-0.05, 0) is 31.2 Å². The molecule has 0 aliphatic heterocycles. The quantitative estimate of drug-likeness (QED) is 0.698. The van der Waals surface area contributed by atoms with E-state index in [1.165, 1.54) is 5.56 Å². The van der Waals surface area contributed by atoms with E-state index in [4.69, 9.17) is 4.42 Å². The molecule has 1 heterocycles. The second-order valence-electron chi connectivity index (χ2n) is 5.34. The third-order valence-electron chi connectivity index (χ3n) is 3.52. The van der Waals surface area contributed by atoms with Gasteiger partial charge in [0.15, 0.2) is 0 Å². The highest BCUT2D eigenvalue weighted by Gasteiger charge is 2.10. The number of aromatic nitrogens is 2. The van der Waals surface area contributed by atoms with Crippen LogP contribution in [0.5, 0.6) is 0 Å². The van der Waals surface area contributed by atoms with Crippen molar-refractivity contribution in [2.75, 3.05) is 13.6 Å². The molecule has 0 aliphatic rings. The van der Waals surface area contributed by atoms with E-state index in [1.807, 2.05) is 36.4 Å². The highest BCUT2D eigenvalue weighted by molar-refractivity contribution is 5.51. The number of hydrogen-bond acceptors (Lipinski definition) is 4. The monoisotopic (exact) mass is 293 g/mol. The Morgan fingerprint density at radius 2 is 1.59 bits per heavy atom. The van der Waals surface area contributed by atoms with Gasteiger partial charge in [-0.3, -0.25) is 4.90 Å². The van der Waals surface area contributed by atoms with E-state index >= 15 is 0 Å². The van der Waals surface area contributed by atoms with Crippen molar-refractivity contribution in [3.8, 4) is 11.5 Å². The van der Waals surface area contributed by atoms with Crippen LogP contribution in [-0.4, -0.2) is 28.7 Å². The lowest BCUT2D eigenvalue weighted by molar-refractivity contribution is 0.293. The van der Waals surface area contributed by atoms with Crippen molar-refractivity contribution >= 4 is 0 Å². The maximum atomic E-state index is 5.73. The summed E-state index contributed by atoms with van der Waals surface area (Å²) >= 11 is 0. The zero-order valence-electron chi connectivity index (χ0n) is 12.6. The summed E-state index contributed by atoms with van der Waals surface area (Å²) in [5.74, 6) is 1.22. The molecule has 0 bridgehead atoms. The number of rotatable bonds is 6. The standard InChI is InChI=1S/C18H19N3O/c1-21(13-12-15-8-4-2-5-9-15)14-17-19-20-18(22-17)16-10-6-3-7-11-16/h2-11H,12-14H2,1H3. The van der Waals surface area contributed by atoms with Gasteiger partial charge in [0, 0.05) is 12.1 Å². The zero-order valence-corrected chi connectivity index (χ0v) is 12.6. The Hall–Kier alpha value is -2.46. The molecule has 0 spiro atoms. The van der Waals surface area contributed by atoms with E-state index in [9.17, 15) is 0 Å². The van der Waals surface area contributed by atoms with Gasteiger partial charge in [-0.1, -0.05) is 48.5 Å². The van der Waals surface area contributed by atoms with Crippen LogP contribution in [0.1, 0.15) is 11.5 Å². The van der Waals surface area contributed by atoms with Crippen LogP contribution in [0, 0.1) is 0 Å². The van der Waals surface area contributed by atoms with Crippen LogP contribution in [-0.2, 0) is 13.0 Å². The molecule has 1 aromatic heterocycles. The second-order valence-corrected chi connectivity index (χ2v) is 5.34. The smallest absolute Gasteiger partial charge is 0.247 e. The summed E-state index contributed by atoms with van der Waals surface area (Å²) < 4.78 is 5.73. The summed E-state index contributed by atoms with van der Waals surface area (Å²) in [5.41, 5.74) is 2.29. The Kier molecular flexibility index (Phi) is 4.61. The number of benzene rings is 2. The van der Waals surface area contributed by atoms with E-state index in [-0.39, 0.29) is 0 Å². The van der Waals surface area contributed by atoms with Crippen LogP contribution in [0.4, 0.5) is 0 Å². The molecular formula is C18H19N3O. The van der Waals surface area contributed by atoms with Crippen molar-refractivity contribution in [3.63, 3.8) is 0 Å². The summed E-state index contributed by atoms with van der Waals surface area (Å²) in [5, 5.41) is 8.24. The average molecular weight is 293 g/mol. The molecule has 0 saturated heterocycles. The van der Waals surface area contributed by atoms with Crippen LogP contribution in [0.15, 0.2) is 65.1 Å². The lowest BCUT2D eigenvalue weighted by atomic mass is 10.1.